The van der Waals surface area contributed by atoms with Crippen LogP contribution in [0.15, 0.2) is 30.3 Å². The first-order chi connectivity index (χ1) is 10.5. The van der Waals surface area contributed by atoms with Gasteiger partial charge in [0.25, 0.3) is 0 Å². The molecule has 8 heteroatoms. The molecule has 0 aliphatic heterocycles. The van der Waals surface area contributed by atoms with E-state index >= 15 is 0 Å². The number of aliphatic hydroxyl groups excluding tert-OH is 4. The number of anilines is 1. The van der Waals surface area contributed by atoms with Crippen LogP contribution in [0.4, 0.5) is 5.69 Å². The lowest BCUT2D eigenvalue weighted by Crippen LogP contribution is -2.48. The molecule has 22 heavy (non-hydrogen) atoms. The normalized spacial score (nSPS) is 16.2. The predicted octanol–water partition coefficient (Wildman–Crippen LogP) is -1.72. The summed E-state index contributed by atoms with van der Waals surface area (Å²) in [5, 5.41) is 39.8. The van der Waals surface area contributed by atoms with Gasteiger partial charge in [-0.15, -0.1) is 0 Å². The third kappa shape index (κ3) is 5.41. The Kier molecular flexibility index (Phi) is 7.47. The molecular formula is C14H19NO7. The Labute approximate surface area is 127 Å². The number of aliphatic hydroxyl groups is 4. The third-order valence-electron chi connectivity index (χ3n) is 2.88. The summed E-state index contributed by atoms with van der Waals surface area (Å²) >= 11 is 0. The van der Waals surface area contributed by atoms with E-state index in [0.717, 1.165) is 0 Å². The minimum absolute atomic E-state index is 0.137. The summed E-state index contributed by atoms with van der Waals surface area (Å²) < 4.78 is 4.73. The van der Waals surface area contributed by atoms with Gasteiger partial charge in [-0.3, -0.25) is 9.59 Å². The minimum atomic E-state index is -1.85. The second-order valence-corrected chi connectivity index (χ2v) is 4.54. The van der Waals surface area contributed by atoms with Gasteiger partial charge in [-0.2, -0.15) is 0 Å². The van der Waals surface area contributed by atoms with Gasteiger partial charge in [-0.25, -0.2) is 0 Å². The molecule has 0 saturated carbocycles. The number of benzene rings is 1. The summed E-state index contributed by atoms with van der Waals surface area (Å²) in [6, 6.07) is 8.77. The van der Waals surface area contributed by atoms with Crippen molar-refractivity contribution in [1.29, 1.82) is 0 Å². The molecule has 0 aromatic heterocycles. The highest BCUT2D eigenvalue weighted by Gasteiger charge is 2.33. The zero-order chi connectivity index (χ0) is 16.5. The van der Waals surface area contributed by atoms with Crippen LogP contribution < -0.4 is 5.32 Å². The van der Waals surface area contributed by atoms with Crippen LogP contribution in [0.3, 0.4) is 0 Å². The first kappa shape index (κ1) is 18.1. The highest BCUT2D eigenvalue weighted by Crippen LogP contribution is 2.08. The van der Waals surface area contributed by atoms with Crippen LogP contribution in [0.2, 0.25) is 0 Å². The van der Waals surface area contributed by atoms with Crippen molar-refractivity contribution in [3.8, 4) is 0 Å². The van der Waals surface area contributed by atoms with E-state index in [0.29, 0.717) is 5.69 Å². The van der Waals surface area contributed by atoms with Gasteiger partial charge in [0.05, 0.1) is 6.61 Å². The van der Waals surface area contributed by atoms with Gasteiger partial charge in [0.15, 0.2) is 12.4 Å². The van der Waals surface area contributed by atoms with Crippen molar-refractivity contribution >= 4 is 17.9 Å². The van der Waals surface area contributed by atoms with Crippen LogP contribution >= 0.6 is 0 Å². The second-order valence-electron chi connectivity index (χ2n) is 4.54. The molecule has 1 aromatic rings. The molecule has 0 radical (unpaired) electrons. The molecule has 0 heterocycles. The number of carbonyl (C=O) groups is 2. The molecule has 4 atom stereocenters. The molecule has 0 bridgehead atoms. The smallest absolute Gasteiger partial charge is 0.326 e. The SMILES string of the molecule is O=C[C@@H](OC(=O)CNc1ccccc1)[C@@H](O)[C@H](O)[C@H](O)CO. The Hall–Kier alpha value is -2.00. The van der Waals surface area contributed by atoms with Gasteiger partial charge in [-0.05, 0) is 12.1 Å². The largest absolute Gasteiger partial charge is 0.450 e. The number of esters is 1. The number of ether oxygens (including phenoxy) is 1. The van der Waals surface area contributed by atoms with Crippen LogP contribution in [-0.4, -0.2) is 70.2 Å². The number of hydrogen-bond acceptors (Lipinski definition) is 8. The minimum Gasteiger partial charge on any atom is -0.450 e. The molecule has 0 aliphatic carbocycles. The van der Waals surface area contributed by atoms with Crippen molar-refractivity contribution < 1.29 is 34.8 Å². The maximum Gasteiger partial charge on any atom is 0.326 e. The molecule has 0 spiro atoms. The molecule has 0 fully saturated rings. The Morgan fingerprint density at radius 1 is 1.18 bits per heavy atom. The van der Waals surface area contributed by atoms with Crippen LogP contribution in [0.25, 0.3) is 0 Å². The lowest BCUT2D eigenvalue weighted by atomic mass is 10.0. The monoisotopic (exact) mass is 313 g/mol. The van der Waals surface area contributed by atoms with Crippen molar-refractivity contribution in [2.75, 3.05) is 18.5 Å². The Morgan fingerprint density at radius 3 is 2.36 bits per heavy atom. The number of nitrogens with one attached hydrogen (secondary N) is 1. The average Bonchev–Trinajstić information content (AvgIpc) is 2.56. The molecule has 8 nitrogen and oxygen atoms in total. The summed E-state index contributed by atoms with van der Waals surface area (Å²) in [6.45, 7) is -1.06. The maximum absolute atomic E-state index is 11.6. The molecule has 0 aliphatic rings. The second kappa shape index (κ2) is 9.11. The Morgan fingerprint density at radius 2 is 1.82 bits per heavy atom. The van der Waals surface area contributed by atoms with Crippen molar-refractivity contribution in [2.24, 2.45) is 0 Å². The highest BCUT2D eigenvalue weighted by atomic mass is 16.6. The molecular weight excluding hydrogens is 294 g/mol. The first-order valence-corrected chi connectivity index (χ1v) is 6.58. The van der Waals surface area contributed by atoms with Gasteiger partial charge in [0.2, 0.25) is 0 Å². The van der Waals surface area contributed by atoms with Crippen molar-refractivity contribution in [2.45, 2.75) is 24.4 Å². The molecule has 0 saturated heterocycles. The van der Waals surface area contributed by atoms with Crippen molar-refractivity contribution in [3.05, 3.63) is 30.3 Å². The summed E-state index contributed by atoms with van der Waals surface area (Å²) in [4.78, 5) is 22.5. The number of para-hydroxylation sites is 1. The molecule has 0 amide bonds. The van der Waals surface area contributed by atoms with E-state index in [2.05, 4.69) is 5.32 Å². The fourth-order valence-corrected chi connectivity index (χ4v) is 1.63. The fraction of sp³-hybridized carbons (Fsp3) is 0.429. The molecule has 0 unspecified atom stereocenters. The van der Waals surface area contributed by atoms with Gasteiger partial charge in [-0.1, -0.05) is 18.2 Å². The average molecular weight is 313 g/mol. The summed E-state index contributed by atoms with van der Waals surface area (Å²) in [5.74, 6) is -0.828. The summed E-state index contributed by atoms with van der Waals surface area (Å²) in [7, 11) is 0. The van der Waals surface area contributed by atoms with E-state index < -0.39 is 37.0 Å². The summed E-state index contributed by atoms with van der Waals surface area (Å²) in [5.41, 5.74) is 0.665. The van der Waals surface area contributed by atoms with E-state index in [1.807, 2.05) is 0 Å². The maximum atomic E-state index is 11.6. The van der Waals surface area contributed by atoms with E-state index in [9.17, 15) is 24.9 Å². The number of carbonyl (C=O) groups excluding carboxylic acids is 2. The topological polar surface area (TPSA) is 136 Å². The third-order valence-corrected chi connectivity index (χ3v) is 2.88. The lowest BCUT2D eigenvalue weighted by molar-refractivity contribution is -0.166. The van der Waals surface area contributed by atoms with Gasteiger partial charge in [0, 0.05) is 5.69 Å². The van der Waals surface area contributed by atoms with Gasteiger partial charge >= 0.3 is 5.97 Å². The van der Waals surface area contributed by atoms with E-state index in [4.69, 9.17) is 9.84 Å². The standard InChI is InChI=1S/C14H19NO7/c16-7-10(18)13(20)14(21)11(8-17)22-12(19)6-15-9-4-2-1-3-5-9/h1-5,8,10-11,13-16,18,20-21H,6-7H2/t10-,11-,13-,14-/m1/s1. The van der Waals surface area contributed by atoms with Gasteiger partial charge in [0.1, 0.15) is 24.9 Å². The zero-order valence-corrected chi connectivity index (χ0v) is 11.7. The molecule has 122 valence electrons. The highest BCUT2D eigenvalue weighted by molar-refractivity contribution is 5.77. The number of rotatable bonds is 9. The molecule has 1 rings (SSSR count). The van der Waals surface area contributed by atoms with E-state index in [1.54, 1.807) is 30.3 Å². The first-order valence-electron chi connectivity index (χ1n) is 6.58. The Bertz CT molecular complexity index is 468. The van der Waals surface area contributed by atoms with Gasteiger partial charge < -0.3 is 30.5 Å². The van der Waals surface area contributed by atoms with Crippen LogP contribution in [0, 0.1) is 0 Å². The number of hydrogen-bond donors (Lipinski definition) is 5. The van der Waals surface area contributed by atoms with Crippen LogP contribution in [0.1, 0.15) is 0 Å². The molecule has 5 N–H and O–H groups in total. The fourth-order valence-electron chi connectivity index (χ4n) is 1.63. The predicted molar refractivity (Wildman–Crippen MR) is 76.0 cm³/mol. The van der Waals surface area contributed by atoms with Crippen LogP contribution in [-0.2, 0) is 14.3 Å². The van der Waals surface area contributed by atoms with Crippen LogP contribution in [0.5, 0.6) is 0 Å². The van der Waals surface area contributed by atoms with E-state index in [1.165, 1.54) is 0 Å². The molecule has 1 aromatic carbocycles. The summed E-state index contributed by atoms with van der Waals surface area (Å²) in [6.07, 6.45) is -6.84. The Balaban J connectivity index is 2.51. The van der Waals surface area contributed by atoms with Crippen molar-refractivity contribution in [3.63, 3.8) is 0 Å². The van der Waals surface area contributed by atoms with Crippen molar-refractivity contribution in [1.82, 2.24) is 0 Å². The number of aldehydes is 1. The quantitative estimate of drug-likeness (QED) is 0.268. The van der Waals surface area contributed by atoms with E-state index in [-0.39, 0.29) is 12.8 Å². The zero-order valence-electron chi connectivity index (χ0n) is 11.7. The lowest BCUT2D eigenvalue weighted by Gasteiger charge is -2.25.